The second kappa shape index (κ2) is 12.9. The predicted octanol–water partition coefficient (Wildman–Crippen LogP) is 3.41. The number of ether oxygens (including phenoxy) is 2. The summed E-state index contributed by atoms with van der Waals surface area (Å²) in [6.45, 7) is 19.1. The fraction of sp³-hybridized carbons (Fsp3) is 0.485. The Kier molecular flexibility index (Phi) is 8.83. The third-order valence-corrected chi connectivity index (χ3v) is 9.26. The van der Waals surface area contributed by atoms with Crippen molar-refractivity contribution in [1.29, 1.82) is 0 Å². The third kappa shape index (κ3) is 6.15. The Morgan fingerprint density at radius 3 is 2.80 bits per heavy atom. The van der Waals surface area contributed by atoms with Crippen LogP contribution in [-0.2, 0) is 22.5 Å². The molecule has 12 heteroatoms. The van der Waals surface area contributed by atoms with Gasteiger partial charge in [0.05, 0.1) is 43.4 Å². The molecule has 3 aromatic rings. The molecule has 11 nitrogen and oxygen atoms in total. The molecule has 45 heavy (non-hydrogen) atoms. The van der Waals surface area contributed by atoms with Crippen molar-refractivity contribution in [2.45, 2.75) is 44.9 Å². The van der Waals surface area contributed by atoms with Crippen LogP contribution in [0, 0.1) is 13.5 Å². The van der Waals surface area contributed by atoms with Crippen molar-refractivity contribution < 1.29 is 18.7 Å². The minimum Gasteiger partial charge on any atom is -0.462 e. The lowest BCUT2D eigenvalue weighted by molar-refractivity contribution is -0.131. The van der Waals surface area contributed by atoms with Crippen LogP contribution in [0.3, 0.4) is 0 Å². The van der Waals surface area contributed by atoms with Gasteiger partial charge in [0.15, 0.2) is 5.83 Å². The van der Waals surface area contributed by atoms with Gasteiger partial charge in [-0.05, 0) is 32.9 Å². The van der Waals surface area contributed by atoms with E-state index in [0.29, 0.717) is 57.9 Å². The molecule has 0 spiro atoms. The predicted molar refractivity (Wildman–Crippen MR) is 170 cm³/mol. The van der Waals surface area contributed by atoms with Crippen LogP contribution in [0.15, 0.2) is 43.0 Å². The highest BCUT2D eigenvalue weighted by Crippen LogP contribution is 2.35. The first-order valence-electron chi connectivity index (χ1n) is 15.4. The number of halogens is 1. The van der Waals surface area contributed by atoms with E-state index in [-0.39, 0.29) is 19.1 Å². The maximum Gasteiger partial charge on any atom is 0.318 e. The summed E-state index contributed by atoms with van der Waals surface area (Å²) in [6, 6.07) is 6.54. The number of benzene rings is 1. The number of nitrogens with zero attached hydrogens (tertiary/aromatic N) is 8. The third-order valence-electron chi connectivity index (χ3n) is 9.26. The number of rotatable bonds is 9. The molecule has 0 radical (unpaired) electrons. The number of carbonyl (C=O) groups is 1. The van der Waals surface area contributed by atoms with E-state index in [1.165, 1.54) is 15.8 Å². The van der Waals surface area contributed by atoms with Crippen LogP contribution < -0.4 is 14.5 Å². The van der Waals surface area contributed by atoms with Crippen LogP contribution >= 0.6 is 0 Å². The van der Waals surface area contributed by atoms with Gasteiger partial charge in [0.2, 0.25) is 6.54 Å². The second-order valence-corrected chi connectivity index (χ2v) is 12.1. The number of aryl methyl sites for hydroxylation is 1. The van der Waals surface area contributed by atoms with Gasteiger partial charge in [-0.1, -0.05) is 24.8 Å². The first-order chi connectivity index (χ1) is 21.7. The molecule has 3 aliphatic heterocycles. The minimum absolute atomic E-state index is 0.0576. The molecular weight excluding hydrogens is 575 g/mol. The number of likely N-dealkylation sites (N-methyl/N-ethyl adjacent to an activating group) is 1. The Morgan fingerprint density at radius 1 is 1.24 bits per heavy atom. The van der Waals surface area contributed by atoms with E-state index in [9.17, 15) is 9.18 Å². The number of piperazine rings is 1. The van der Waals surface area contributed by atoms with Gasteiger partial charge in [-0.3, -0.25) is 14.7 Å². The standard InChI is InChI=1S/C33H39FN8O3/c1-21-7-6-8-24-13-36-15-29(30(21)24)40-10-9-27-28(17-40)37-33(45-18-22(2)39(5)26-19-44-20-26)38-31(27)41-11-12-42(32(43)23(3)34)25(16-41)14-35-4/h6-8,13,15,22,25-26H,3,9-12,14,16-20H2,1-2,5H3/t22-,25-/m0/s1. The molecule has 2 saturated heterocycles. The maximum atomic E-state index is 13.8. The number of aromatic nitrogens is 3. The summed E-state index contributed by atoms with van der Waals surface area (Å²) in [4.78, 5) is 38.6. The van der Waals surface area contributed by atoms with Crippen molar-refractivity contribution >= 4 is 28.2 Å². The van der Waals surface area contributed by atoms with Gasteiger partial charge in [0.25, 0.3) is 5.91 Å². The molecule has 3 aliphatic rings. The van der Waals surface area contributed by atoms with Crippen LogP contribution in [0.5, 0.6) is 6.01 Å². The van der Waals surface area contributed by atoms with E-state index in [2.05, 4.69) is 64.1 Å². The number of fused-ring (bicyclic) bond motifs is 2. The Bertz CT molecular complexity index is 1630. The van der Waals surface area contributed by atoms with Crippen molar-refractivity contribution in [3.8, 4) is 6.01 Å². The summed E-state index contributed by atoms with van der Waals surface area (Å²) in [6.07, 6.45) is 4.51. The zero-order valence-corrected chi connectivity index (χ0v) is 26.1. The Labute approximate surface area is 263 Å². The molecule has 0 unspecified atom stereocenters. The van der Waals surface area contributed by atoms with Crippen molar-refractivity contribution in [3.05, 3.63) is 71.2 Å². The summed E-state index contributed by atoms with van der Waals surface area (Å²) < 4.78 is 25.5. The van der Waals surface area contributed by atoms with Crippen molar-refractivity contribution in [2.24, 2.45) is 0 Å². The van der Waals surface area contributed by atoms with Crippen LogP contribution in [0.1, 0.15) is 23.7 Å². The Hall–Kier alpha value is -4.34. The van der Waals surface area contributed by atoms with Gasteiger partial charge in [0, 0.05) is 54.8 Å². The smallest absolute Gasteiger partial charge is 0.318 e. The van der Waals surface area contributed by atoms with Crippen molar-refractivity contribution in [3.63, 3.8) is 0 Å². The summed E-state index contributed by atoms with van der Waals surface area (Å²) >= 11 is 0. The molecule has 2 fully saturated rings. The van der Waals surface area contributed by atoms with Gasteiger partial charge in [0.1, 0.15) is 18.5 Å². The summed E-state index contributed by atoms with van der Waals surface area (Å²) in [5.74, 6) is -1.03. The quantitative estimate of drug-likeness (QED) is 0.266. The normalized spacial score (nSPS) is 19.2. The molecule has 0 aliphatic carbocycles. The van der Waals surface area contributed by atoms with Crippen LogP contribution in [-0.4, -0.2) is 108 Å². The highest BCUT2D eigenvalue weighted by molar-refractivity contribution is 5.96. The number of amides is 1. The lowest BCUT2D eigenvalue weighted by Gasteiger charge is -2.41. The molecule has 2 atom stereocenters. The second-order valence-electron chi connectivity index (χ2n) is 12.1. The van der Waals surface area contributed by atoms with Gasteiger partial charge in [-0.2, -0.15) is 9.97 Å². The average molecular weight is 615 g/mol. The highest BCUT2D eigenvalue weighted by atomic mass is 19.1. The topological polar surface area (TPSA) is 91.5 Å². The van der Waals surface area contributed by atoms with E-state index in [1.54, 1.807) is 0 Å². The average Bonchev–Trinajstić information content (AvgIpc) is 3.01. The number of hydrogen-bond acceptors (Lipinski definition) is 9. The molecule has 1 amide bonds. The van der Waals surface area contributed by atoms with E-state index < -0.39 is 17.8 Å². The van der Waals surface area contributed by atoms with Crippen LogP contribution in [0.25, 0.3) is 15.6 Å². The molecular formula is C33H39FN8O3. The fourth-order valence-electron chi connectivity index (χ4n) is 6.42. The van der Waals surface area contributed by atoms with E-state index in [0.717, 1.165) is 34.7 Å². The minimum atomic E-state index is -1.01. The van der Waals surface area contributed by atoms with E-state index >= 15 is 0 Å². The molecule has 0 saturated carbocycles. The molecule has 0 bridgehead atoms. The number of pyridine rings is 1. The van der Waals surface area contributed by atoms with Gasteiger partial charge in [-0.15, -0.1) is 0 Å². The SMILES string of the molecule is [C-]#[N+]C[C@H]1CN(c2nc(OC[C@H](C)N(C)C3COC3)nc3c2CCN(c2cncc4cccc(C)c24)C3)CCN1C(=O)C(=C)F. The maximum absolute atomic E-state index is 13.8. The lowest BCUT2D eigenvalue weighted by atomic mass is 10.0. The summed E-state index contributed by atoms with van der Waals surface area (Å²) in [7, 11) is 2.07. The zero-order chi connectivity index (χ0) is 31.7. The summed E-state index contributed by atoms with van der Waals surface area (Å²) in [5, 5.41) is 2.27. The first-order valence-corrected chi connectivity index (χ1v) is 15.4. The van der Waals surface area contributed by atoms with Gasteiger partial charge >= 0.3 is 6.01 Å². The molecule has 1 aromatic carbocycles. The highest BCUT2D eigenvalue weighted by Gasteiger charge is 2.36. The largest absolute Gasteiger partial charge is 0.462 e. The fourth-order valence-corrected chi connectivity index (χ4v) is 6.42. The van der Waals surface area contributed by atoms with E-state index in [4.69, 9.17) is 26.0 Å². The Balaban J connectivity index is 1.32. The van der Waals surface area contributed by atoms with Gasteiger partial charge < -0.3 is 29.0 Å². The number of carbonyl (C=O) groups excluding carboxylic acids is 1. The molecule has 6 rings (SSSR count). The van der Waals surface area contributed by atoms with Crippen LogP contribution in [0.2, 0.25) is 0 Å². The lowest BCUT2D eigenvalue weighted by Crippen LogP contribution is -2.57. The molecule has 0 N–H and O–H groups in total. The molecule has 2 aromatic heterocycles. The first kappa shape index (κ1) is 30.7. The zero-order valence-electron chi connectivity index (χ0n) is 26.1. The molecule has 236 valence electrons. The van der Waals surface area contributed by atoms with Crippen molar-refractivity contribution in [1.82, 2.24) is 24.8 Å². The number of hydrogen-bond donors (Lipinski definition) is 0. The Morgan fingerprint density at radius 2 is 2.07 bits per heavy atom. The summed E-state index contributed by atoms with van der Waals surface area (Å²) in [5.41, 5.74) is 4.15. The molecule has 5 heterocycles. The monoisotopic (exact) mass is 614 g/mol. The van der Waals surface area contributed by atoms with E-state index in [1.807, 2.05) is 18.5 Å². The van der Waals surface area contributed by atoms with Crippen molar-refractivity contribution in [2.75, 3.05) is 69.4 Å². The number of anilines is 2. The van der Waals surface area contributed by atoms with Crippen LogP contribution in [0.4, 0.5) is 15.9 Å². The van der Waals surface area contributed by atoms with Gasteiger partial charge in [-0.25, -0.2) is 11.0 Å².